The van der Waals surface area contributed by atoms with E-state index in [1.165, 1.54) is 12.5 Å². The molecule has 5 heteroatoms. The second kappa shape index (κ2) is 6.22. The predicted octanol–water partition coefficient (Wildman–Crippen LogP) is 3.27. The second-order valence-electron chi connectivity index (χ2n) is 5.70. The van der Waals surface area contributed by atoms with Crippen LogP contribution in [0.5, 0.6) is 0 Å². The van der Waals surface area contributed by atoms with Crippen LogP contribution in [-0.4, -0.2) is 23.1 Å². The number of nitrogens with zero attached hydrogens (tertiary/aromatic N) is 2. The van der Waals surface area contributed by atoms with Crippen molar-refractivity contribution in [1.29, 1.82) is 0 Å². The molecule has 1 aliphatic rings. The third-order valence-electron chi connectivity index (χ3n) is 4.04. The van der Waals surface area contributed by atoms with Crippen molar-refractivity contribution < 1.29 is 10.0 Å². The van der Waals surface area contributed by atoms with Crippen LogP contribution in [-0.2, 0) is 0 Å². The number of aliphatic hydroxyl groups is 1. The molecular weight excluding hydrogens is 256 g/mol. The first-order chi connectivity index (χ1) is 9.49. The molecule has 5 nitrogen and oxygen atoms in total. The Morgan fingerprint density at radius 3 is 2.80 bits per heavy atom. The van der Waals surface area contributed by atoms with Gasteiger partial charge in [0.2, 0.25) is 0 Å². The van der Waals surface area contributed by atoms with E-state index in [1.54, 1.807) is 19.1 Å². The molecule has 0 radical (unpaired) electrons. The number of benzene rings is 1. The molecule has 1 N–H and O–H groups in total. The molecule has 2 atom stereocenters. The molecule has 0 aromatic heterocycles. The fraction of sp³-hybridized carbons (Fsp3) is 0.600. The third-order valence-corrected chi connectivity index (χ3v) is 4.04. The Balaban J connectivity index is 2.32. The lowest BCUT2D eigenvalue weighted by Gasteiger charge is -2.23. The normalized spacial score (nSPS) is 21.4. The molecule has 2 rings (SSSR count). The van der Waals surface area contributed by atoms with E-state index in [0.717, 1.165) is 25.9 Å². The van der Waals surface area contributed by atoms with E-state index in [0.29, 0.717) is 17.2 Å². The van der Waals surface area contributed by atoms with E-state index >= 15 is 0 Å². The monoisotopic (exact) mass is 278 g/mol. The Bertz CT molecular complexity index is 488. The largest absolute Gasteiger partial charge is 0.389 e. The molecule has 1 saturated heterocycles. The van der Waals surface area contributed by atoms with Crippen molar-refractivity contribution in [2.24, 2.45) is 5.92 Å². The maximum Gasteiger partial charge on any atom is 0.292 e. The summed E-state index contributed by atoms with van der Waals surface area (Å²) in [6.45, 7) is 5.57. The lowest BCUT2D eigenvalue weighted by Crippen LogP contribution is -2.25. The molecule has 1 aliphatic heterocycles. The molecule has 1 fully saturated rings. The molecule has 0 spiro atoms. The molecule has 1 unspecified atom stereocenters. The van der Waals surface area contributed by atoms with E-state index in [4.69, 9.17) is 0 Å². The van der Waals surface area contributed by atoms with Crippen LogP contribution in [0, 0.1) is 16.0 Å². The minimum atomic E-state index is -0.688. The lowest BCUT2D eigenvalue weighted by atomic mass is 10.0. The van der Waals surface area contributed by atoms with Gasteiger partial charge >= 0.3 is 0 Å². The number of aliphatic hydroxyl groups excluding tert-OH is 1. The van der Waals surface area contributed by atoms with Crippen molar-refractivity contribution in [1.82, 2.24) is 0 Å². The number of nitro benzene ring substituents is 1. The highest BCUT2D eigenvalue weighted by atomic mass is 16.6. The summed E-state index contributed by atoms with van der Waals surface area (Å²) in [7, 11) is 0. The van der Waals surface area contributed by atoms with Gasteiger partial charge in [-0.3, -0.25) is 10.1 Å². The van der Waals surface area contributed by atoms with Crippen LogP contribution in [0.2, 0.25) is 0 Å². The van der Waals surface area contributed by atoms with Gasteiger partial charge in [0.15, 0.2) is 0 Å². The standard InChI is InChI=1S/C15H22N2O3/c1-11-4-3-8-16(9-7-11)14-6-5-13(12(2)18)10-15(14)17(19)20/h5-6,10-12,18H,3-4,7-9H2,1-2H3/t11?,12-/m1/s1. The van der Waals surface area contributed by atoms with E-state index < -0.39 is 6.10 Å². The van der Waals surface area contributed by atoms with Gasteiger partial charge in [0.25, 0.3) is 5.69 Å². The summed E-state index contributed by atoms with van der Waals surface area (Å²) in [4.78, 5) is 13.0. The highest BCUT2D eigenvalue weighted by Gasteiger charge is 2.23. The molecule has 0 saturated carbocycles. The molecule has 0 bridgehead atoms. The van der Waals surface area contributed by atoms with Crippen LogP contribution in [0.1, 0.15) is 44.8 Å². The quantitative estimate of drug-likeness (QED) is 0.680. The third kappa shape index (κ3) is 3.28. The van der Waals surface area contributed by atoms with E-state index in [1.807, 2.05) is 0 Å². The summed E-state index contributed by atoms with van der Waals surface area (Å²) in [5.74, 6) is 0.677. The van der Waals surface area contributed by atoms with Crippen LogP contribution >= 0.6 is 0 Å². The number of anilines is 1. The van der Waals surface area contributed by atoms with Gasteiger partial charge in [-0.1, -0.05) is 13.0 Å². The molecule has 1 aromatic rings. The first-order valence-electron chi connectivity index (χ1n) is 7.20. The fourth-order valence-electron chi connectivity index (χ4n) is 2.72. The van der Waals surface area contributed by atoms with E-state index in [2.05, 4.69) is 11.8 Å². The van der Waals surface area contributed by atoms with Crippen molar-refractivity contribution in [3.63, 3.8) is 0 Å². The van der Waals surface area contributed by atoms with Gasteiger partial charge in [-0.25, -0.2) is 0 Å². The number of nitro groups is 1. The number of rotatable bonds is 3. The molecule has 0 amide bonds. The highest BCUT2D eigenvalue weighted by molar-refractivity contribution is 5.64. The zero-order valence-corrected chi connectivity index (χ0v) is 12.1. The molecule has 1 aromatic carbocycles. The number of hydrogen-bond donors (Lipinski definition) is 1. The first kappa shape index (κ1) is 14.8. The second-order valence-corrected chi connectivity index (χ2v) is 5.70. The van der Waals surface area contributed by atoms with E-state index in [9.17, 15) is 15.2 Å². The summed E-state index contributed by atoms with van der Waals surface area (Å²) < 4.78 is 0. The lowest BCUT2D eigenvalue weighted by molar-refractivity contribution is -0.384. The average Bonchev–Trinajstić information content (AvgIpc) is 2.62. The van der Waals surface area contributed by atoms with Gasteiger partial charge in [0.05, 0.1) is 11.0 Å². The zero-order valence-electron chi connectivity index (χ0n) is 12.1. The van der Waals surface area contributed by atoms with Gasteiger partial charge in [-0.15, -0.1) is 0 Å². The first-order valence-corrected chi connectivity index (χ1v) is 7.20. The molecule has 0 aliphatic carbocycles. The Morgan fingerprint density at radius 1 is 1.40 bits per heavy atom. The Hall–Kier alpha value is -1.62. The van der Waals surface area contributed by atoms with Gasteiger partial charge in [0, 0.05) is 19.2 Å². The Kier molecular flexibility index (Phi) is 4.60. The van der Waals surface area contributed by atoms with Crippen molar-refractivity contribution in [3.05, 3.63) is 33.9 Å². The maximum atomic E-state index is 11.3. The van der Waals surface area contributed by atoms with Gasteiger partial charge in [0.1, 0.15) is 5.69 Å². The fourth-order valence-corrected chi connectivity index (χ4v) is 2.72. The van der Waals surface area contributed by atoms with Crippen LogP contribution in [0.4, 0.5) is 11.4 Å². The SMILES string of the molecule is CC1CCCN(c2ccc([C@@H](C)O)cc2[N+](=O)[O-])CC1. The smallest absolute Gasteiger partial charge is 0.292 e. The minimum Gasteiger partial charge on any atom is -0.389 e. The molecular formula is C15H22N2O3. The Morgan fingerprint density at radius 2 is 2.15 bits per heavy atom. The summed E-state index contributed by atoms with van der Waals surface area (Å²) in [5.41, 5.74) is 1.36. The summed E-state index contributed by atoms with van der Waals surface area (Å²) in [5, 5.41) is 20.9. The van der Waals surface area contributed by atoms with Crippen molar-refractivity contribution in [2.75, 3.05) is 18.0 Å². The van der Waals surface area contributed by atoms with Gasteiger partial charge < -0.3 is 10.0 Å². The van der Waals surface area contributed by atoms with Crippen LogP contribution < -0.4 is 4.90 Å². The molecule has 110 valence electrons. The molecule has 20 heavy (non-hydrogen) atoms. The summed E-state index contributed by atoms with van der Waals surface area (Å²) >= 11 is 0. The summed E-state index contributed by atoms with van der Waals surface area (Å²) in [6.07, 6.45) is 2.62. The van der Waals surface area contributed by atoms with Gasteiger partial charge in [-0.05, 0) is 43.7 Å². The topological polar surface area (TPSA) is 66.6 Å². The zero-order chi connectivity index (χ0) is 14.7. The van der Waals surface area contributed by atoms with Crippen LogP contribution in [0.3, 0.4) is 0 Å². The average molecular weight is 278 g/mol. The predicted molar refractivity (Wildman–Crippen MR) is 79.0 cm³/mol. The van der Waals surface area contributed by atoms with Crippen molar-refractivity contribution in [2.45, 2.75) is 39.2 Å². The van der Waals surface area contributed by atoms with Crippen LogP contribution in [0.25, 0.3) is 0 Å². The van der Waals surface area contributed by atoms with Crippen molar-refractivity contribution >= 4 is 11.4 Å². The highest BCUT2D eigenvalue weighted by Crippen LogP contribution is 2.33. The maximum absolute atomic E-state index is 11.3. The minimum absolute atomic E-state index is 0.0953. The molecule has 1 heterocycles. The van der Waals surface area contributed by atoms with Crippen LogP contribution in [0.15, 0.2) is 18.2 Å². The van der Waals surface area contributed by atoms with Crippen molar-refractivity contribution in [3.8, 4) is 0 Å². The summed E-state index contributed by atoms with van der Waals surface area (Å²) in [6, 6.07) is 5.05. The number of hydrogen-bond acceptors (Lipinski definition) is 4. The Labute approximate surface area is 119 Å². The van der Waals surface area contributed by atoms with Gasteiger partial charge in [-0.2, -0.15) is 0 Å². The van der Waals surface area contributed by atoms with E-state index in [-0.39, 0.29) is 10.6 Å².